The van der Waals surface area contributed by atoms with Gasteiger partial charge in [0.1, 0.15) is 6.10 Å². The maximum atomic E-state index is 12.9. The van der Waals surface area contributed by atoms with Gasteiger partial charge in [0.05, 0.1) is 23.7 Å². The number of aromatic nitrogens is 2. The van der Waals surface area contributed by atoms with Crippen molar-refractivity contribution in [2.24, 2.45) is 0 Å². The van der Waals surface area contributed by atoms with E-state index in [1.807, 2.05) is 29.2 Å². The summed E-state index contributed by atoms with van der Waals surface area (Å²) in [5, 5.41) is 0.934. The molecule has 1 amide bonds. The first kappa shape index (κ1) is 20.2. The van der Waals surface area contributed by atoms with Crippen molar-refractivity contribution < 1.29 is 17.9 Å². The molecule has 3 heterocycles. The van der Waals surface area contributed by atoms with Gasteiger partial charge in [-0.05, 0) is 12.1 Å². The monoisotopic (exact) mass is 428 g/mol. The molecule has 1 N–H and O–H groups in total. The van der Waals surface area contributed by atoms with E-state index in [0.717, 1.165) is 17.2 Å². The largest absolute Gasteiger partial charge is 0.474 e. The van der Waals surface area contributed by atoms with Crippen molar-refractivity contribution in [3.63, 3.8) is 0 Å². The predicted octanol–water partition coefficient (Wildman–Crippen LogP) is 2.64. The lowest BCUT2D eigenvalue weighted by atomic mass is 10.1. The average Bonchev–Trinajstić information content (AvgIpc) is 3.17. The standard InChI is InChI=1S/C21H24N4O4S/c1-24(30(2,27)28)15-7-8-20(23-13-15)29-16-9-11-25(12-10-16)21(26)18-14-22-19-6-4-3-5-17(18)19/h3-8,13-14,16,22H,9-12H2,1-2H3. The molecule has 0 atom stereocenters. The van der Waals surface area contributed by atoms with Gasteiger partial charge in [0.15, 0.2) is 0 Å². The molecule has 30 heavy (non-hydrogen) atoms. The number of sulfonamides is 1. The van der Waals surface area contributed by atoms with Gasteiger partial charge < -0.3 is 14.6 Å². The molecule has 0 unspecified atom stereocenters. The van der Waals surface area contributed by atoms with Gasteiger partial charge in [0.25, 0.3) is 5.91 Å². The third kappa shape index (κ3) is 4.11. The lowest BCUT2D eigenvalue weighted by Crippen LogP contribution is -2.41. The number of aromatic amines is 1. The number of ether oxygens (including phenoxy) is 1. The van der Waals surface area contributed by atoms with Crippen LogP contribution in [0.5, 0.6) is 5.88 Å². The lowest BCUT2D eigenvalue weighted by Gasteiger charge is -2.32. The Labute approximate surface area is 175 Å². The molecule has 0 aliphatic carbocycles. The molecule has 1 aliphatic rings. The maximum Gasteiger partial charge on any atom is 0.256 e. The molecule has 4 rings (SSSR count). The van der Waals surface area contributed by atoms with Crippen molar-refractivity contribution in [3.05, 3.63) is 54.4 Å². The van der Waals surface area contributed by atoms with Crippen molar-refractivity contribution in [3.8, 4) is 5.88 Å². The molecule has 1 fully saturated rings. The fourth-order valence-corrected chi connectivity index (χ4v) is 4.08. The van der Waals surface area contributed by atoms with Gasteiger partial charge in [-0.25, -0.2) is 13.4 Å². The highest BCUT2D eigenvalue weighted by Gasteiger charge is 2.26. The second-order valence-corrected chi connectivity index (χ2v) is 9.46. The Bertz CT molecular complexity index is 1150. The molecule has 3 aromatic rings. The first-order valence-electron chi connectivity index (χ1n) is 9.75. The third-order valence-electron chi connectivity index (χ3n) is 5.42. The zero-order chi connectivity index (χ0) is 21.3. The average molecular weight is 429 g/mol. The van der Waals surface area contributed by atoms with E-state index in [1.165, 1.54) is 17.5 Å². The summed E-state index contributed by atoms with van der Waals surface area (Å²) in [6.07, 6.45) is 5.77. The van der Waals surface area contributed by atoms with E-state index in [4.69, 9.17) is 4.74 Å². The Morgan fingerprint density at radius 1 is 1.20 bits per heavy atom. The number of nitrogens with zero attached hydrogens (tertiary/aromatic N) is 3. The number of hydrogen-bond donors (Lipinski definition) is 1. The van der Waals surface area contributed by atoms with Crippen molar-refractivity contribution in [1.82, 2.24) is 14.9 Å². The van der Waals surface area contributed by atoms with Crippen LogP contribution in [0.25, 0.3) is 10.9 Å². The Kier molecular flexibility index (Phi) is 5.38. The molecular formula is C21H24N4O4S. The molecule has 0 radical (unpaired) electrons. The van der Waals surface area contributed by atoms with Crippen LogP contribution in [0.4, 0.5) is 5.69 Å². The normalized spacial score (nSPS) is 15.3. The highest BCUT2D eigenvalue weighted by atomic mass is 32.2. The molecule has 2 aromatic heterocycles. The Balaban J connectivity index is 1.35. The van der Waals surface area contributed by atoms with Crippen molar-refractivity contribution >= 4 is 32.5 Å². The molecule has 1 saturated heterocycles. The van der Waals surface area contributed by atoms with E-state index in [9.17, 15) is 13.2 Å². The zero-order valence-corrected chi connectivity index (χ0v) is 17.7. The highest BCUT2D eigenvalue weighted by Crippen LogP contribution is 2.24. The number of carbonyl (C=O) groups excluding carboxylic acids is 1. The van der Waals surface area contributed by atoms with Crippen LogP contribution < -0.4 is 9.04 Å². The SMILES string of the molecule is CN(c1ccc(OC2CCN(C(=O)c3c[nH]c4ccccc34)CC2)nc1)S(C)(=O)=O. The number of anilines is 1. The van der Waals surface area contributed by atoms with Crippen molar-refractivity contribution in [2.75, 3.05) is 30.7 Å². The van der Waals surface area contributed by atoms with Crippen LogP contribution in [0.2, 0.25) is 0 Å². The van der Waals surface area contributed by atoms with E-state index in [0.29, 0.717) is 43.1 Å². The van der Waals surface area contributed by atoms with Crippen LogP contribution in [0, 0.1) is 0 Å². The third-order valence-corrected chi connectivity index (χ3v) is 6.62. The van der Waals surface area contributed by atoms with Gasteiger partial charge >= 0.3 is 0 Å². The fourth-order valence-electron chi connectivity index (χ4n) is 3.59. The van der Waals surface area contributed by atoms with Gasteiger partial charge in [-0.3, -0.25) is 9.10 Å². The summed E-state index contributed by atoms with van der Waals surface area (Å²) in [7, 11) is -1.85. The summed E-state index contributed by atoms with van der Waals surface area (Å²) in [4.78, 5) is 22.1. The van der Waals surface area contributed by atoms with Crippen molar-refractivity contribution in [1.29, 1.82) is 0 Å². The molecule has 1 aromatic carbocycles. The van der Waals surface area contributed by atoms with E-state index >= 15 is 0 Å². The van der Waals surface area contributed by atoms with Crippen LogP contribution >= 0.6 is 0 Å². The number of benzene rings is 1. The predicted molar refractivity (Wildman–Crippen MR) is 115 cm³/mol. The summed E-state index contributed by atoms with van der Waals surface area (Å²) in [6.45, 7) is 1.22. The minimum absolute atomic E-state index is 0.0252. The molecule has 1 aliphatic heterocycles. The van der Waals surface area contributed by atoms with Gasteiger partial charge in [0.2, 0.25) is 15.9 Å². The number of pyridine rings is 1. The second-order valence-electron chi connectivity index (χ2n) is 7.44. The van der Waals surface area contributed by atoms with Crippen LogP contribution in [0.15, 0.2) is 48.8 Å². The molecule has 8 nitrogen and oxygen atoms in total. The summed E-state index contributed by atoms with van der Waals surface area (Å²) in [5.41, 5.74) is 2.12. The summed E-state index contributed by atoms with van der Waals surface area (Å²) < 4.78 is 30.3. The summed E-state index contributed by atoms with van der Waals surface area (Å²) in [6, 6.07) is 11.1. The minimum Gasteiger partial charge on any atom is -0.474 e. The fraction of sp³-hybridized carbons (Fsp3) is 0.333. The number of carbonyl (C=O) groups is 1. The Morgan fingerprint density at radius 3 is 2.60 bits per heavy atom. The number of para-hydroxylation sites is 1. The number of likely N-dealkylation sites (tertiary alicyclic amines) is 1. The molecular weight excluding hydrogens is 404 g/mol. The summed E-state index contributed by atoms with van der Waals surface area (Å²) >= 11 is 0. The second kappa shape index (κ2) is 7.98. The number of rotatable bonds is 5. The molecule has 0 saturated carbocycles. The van der Waals surface area contributed by atoms with Crippen LogP contribution in [-0.4, -0.2) is 61.7 Å². The topological polar surface area (TPSA) is 95.6 Å². The van der Waals surface area contributed by atoms with E-state index in [-0.39, 0.29) is 12.0 Å². The van der Waals surface area contributed by atoms with Crippen molar-refractivity contribution in [2.45, 2.75) is 18.9 Å². The zero-order valence-electron chi connectivity index (χ0n) is 16.9. The Morgan fingerprint density at radius 2 is 1.93 bits per heavy atom. The number of fused-ring (bicyclic) bond motifs is 1. The van der Waals surface area contributed by atoms with E-state index < -0.39 is 10.0 Å². The number of piperidine rings is 1. The molecule has 9 heteroatoms. The molecule has 0 bridgehead atoms. The van der Waals surface area contributed by atoms with Crippen LogP contribution in [-0.2, 0) is 10.0 Å². The first-order valence-corrected chi connectivity index (χ1v) is 11.6. The van der Waals surface area contributed by atoms with Gasteiger partial charge in [-0.1, -0.05) is 18.2 Å². The van der Waals surface area contributed by atoms with Gasteiger partial charge in [-0.2, -0.15) is 0 Å². The quantitative estimate of drug-likeness (QED) is 0.674. The van der Waals surface area contributed by atoms with Gasteiger partial charge in [-0.15, -0.1) is 0 Å². The highest BCUT2D eigenvalue weighted by molar-refractivity contribution is 7.92. The van der Waals surface area contributed by atoms with E-state index in [1.54, 1.807) is 18.3 Å². The number of hydrogen-bond acceptors (Lipinski definition) is 5. The number of nitrogens with one attached hydrogen (secondary N) is 1. The lowest BCUT2D eigenvalue weighted by molar-refractivity contribution is 0.0590. The Hall–Kier alpha value is -3.07. The summed E-state index contributed by atoms with van der Waals surface area (Å²) in [5.74, 6) is 0.472. The van der Waals surface area contributed by atoms with Crippen LogP contribution in [0.1, 0.15) is 23.2 Å². The number of amides is 1. The first-order chi connectivity index (χ1) is 14.3. The maximum absolute atomic E-state index is 12.9. The smallest absolute Gasteiger partial charge is 0.256 e. The number of H-pyrrole nitrogens is 1. The van der Waals surface area contributed by atoms with E-state index in [2.05, 4.69) is 9.97 Å². The van der Waals surface area contributed by atoms with Crippen LogP contribution in [0.3, 0.4) is 0 Å². The molecule has 0 spiro atoms. The molecule has 158 valence electrons. The van der Waals surface area contributed by atoms with Gasteiger partial charge in [0, 0.05) is 56.1 Å². The minimum atomic E-state index is -3.33.